The SMILES string of the molecule is [CH2]CC1CCC(=O)N1. The molecule has 0 aliphatic carbocycles. The monoisotopic (exact) mass is 112 g/mol. The van der Waals surface area contributed by atoms with Crippen LogP contribution in [0.1, 0.15) is 19.3 Å². The van der Waals surface area contributed by atoms with Crippen molar-refractivity contribution in [3.05, 3.63) is 6.92 Å². The summed E-state index contributed by atoms with van der Waals surface area (Å²) < 4.78 is 0. The van der Waals surface area contributed by atoms with Crippen LogP contribution in [0.5, 0.6) is 0 Å². The summed E-state index contributed by atoms with van der Waals surface area (Å²) in [7, 11) is 0. The highest BCUT2D eigenvalue weighted by Gasteiger charge is 2.17. The lowest BCUT2D eigenvalue weighted by Gasteiger charge is -2.02. The van der Waals surface area contributed by atoms with Crippen LogP contribution in [0, 0.1) is 6.92 Å². The van der Waals surface area contributed by atoms with Crippen LogP contribution >= 0.6 is 0 Å². The van der Waals surface area contributed by atoms with Gasteiger partial charge < -0.3 is 5.32 Å². The zero-order chi connectivity index (χ0) is 5.98. The maximum absolute atomic E-state index is 10.5. The standard InChI is InChI=1S/C6H10NO/c1-2-5-3-4-6(8)7-5/h5H,1-4H2,(H,7,8). The van der Waals surface area contributed by atoms with Gasteiger partial charge in [-0.2, -0.15) is 0 Å². The van der Waals surface area contributed by atoms with Crippen molar-refractivity contribution in [1.82, 2.24) is 5.32 Å². The van der Waals surface area contributed by atoms with Gasteiger partial charge in [0.05, 0.1) is 0 Å². The molecular formula is C6H10NO. The van der Waals surface area contributed by atoms with Crippen molar-refractivity contribution in [3.63, 3.8) is 0 Å². The highest BCUT2D eigenvalue weighted by molar-refractivity contribution is 5.78. The van der Waals surface area contributed by atoms with Crippen LogP contribution in [0.15, 0.2) is 0 Å². The molecule has 0 saturated carbocycles. The zero-order valence-electron chi connectivity index (χ0n) is 4.81. The third-order valence-electron chi connectivity index (χ3n) is 1.43. The molecule has 0 aromatic carbocycles. The molecule has 1 heterocycles. The molecule has 8 heavy (non-hydrogen) atoms. The Hall–Kier alpha value is -0.530. The minimum atomic E-state index is 0.179. The van der Waals surface area contributed by atoms with E-state index in [9.17, 15) is 4.79 Å². The van der Waals surface area contributed by atoms with Crippen molar-refractivity contribution < 1.29 is 4.79 Å². The zero-order valence-corrected chi connectivity index (χ0v) is 4.81. The molecule has 1 aliphatic heterocycles. The van der Waals surface area contributed by atoms with Gasteiger partial charge in [0.25, 0.3) is 0 Å². The number of hydrogen-bond acceptors (Lipinski definition) is 1. The van der Waals surface area contributed by atoms with Crippen molar-refractivity contribution in [2.45, 2.75) is 25.3 Å². The summed E-state index contributed by atoms with van der Waals surface area (Å²) >= 11 is 0. The molecule has 0 spiro atoms. The molecule has 45 valence electrons. The second kappa shape index (κ2) is 2.16. The molecule has 1 radical (unpaired) electrons. The summed E-state index contributed by atoms with van der Waals surface area (Å²) in [5.41, 5.74) is 0. The van der Waals surface area contributed by atoms with Crippen molar-refractivity contribution in [2.24, 2.45) is 0 Å². The van der Waals surface area contributed by atoms with E-state index in [0.29, 0.717) is 12.5 Å². The van der Waals surface area contributed by atoms with E-state index in [1.54, 1.807) is 0 Å². The summed E-state index contributed by atoms with van der Waals surface area (Å²) in [5, 5.41) is 2.80. The van der Waals surface area contributed by atoms with Crippen LogP contribution in [-0.4, -0.2) is 11.9 Å². The van der Waals surface area contributed by atoms with Crippen LogP contribution in [0.4, 0.5) is 0 Å². The molecule has 0 aromatic rings. The number of rotatable bonds is 1. The molecule has 1 aliphatic rings. The first-order valence-corrected chi connectivity index (χ1v) is 2.91. The average molecular weight is 112 g/mol. The van der Waals surface area contributed by atoms with E-state index in [1.165, 1.54) is 0 Å². The molecule has 2 nitrogen and oxygen atoms in total. The van der Waals surface area contributed by atoms with Gasteiger partial charge in [-0.1, -0.05) is 6.92 Å². The average Bonchev–Trinajstić information content (AvgIpc) is 2.14. The second-order valence-electron chi connectivity index (χ2n) is 2.09. The van der Waals surface area contributed by atoms with E-state index in [2.05, 4.69) is 12.2 Å². The molecule has 1 unspecified atom stereocenters. The second-order valence-corrected chi connectivity index (χ2v) is 2.09. The summed E-state index contributed by atoms with van der Waals surface area (Å²) in [6.45, 7) is 3.69. The van der Waals surface area contributed by atoms with E-state index in [1.807, 2.05) is 0 Å². The third kappa shape index (κ3) is 0.997. The molecule has 1 fully saturated rings. The fraction of sp³-hybridized carbons (Fsp3) is 0.667. The van der Waals surface area contributed by atoms with Crippen molar-refractivity contribution in [1.29, 1.82) is 0 Å². The number of nitrogens with one attached hydrogen (secondary N) is 1. The van der Waals surface area contributed by atoms with Gasteiger partial charge in [0.1, 0.15) is 0 Å². The van der Waals surface area contributed by atoms with E-state index in [4.69, 9.17) is 0 Å². The Morgan fingerprint density at radius 1 is 1.88 bits per heavy atom. The van der Waals surface area contributed by atoms with Crippen LogP contribution in [0.25, 0.3) is 0 Å². The Morgan fingerprint density at radius 2 is 2.62 bits per heavy atom. The van der Waals surface area contributed by atoms with Gasteiger partial charge in [0.15, 0.2) is 0 Å². The molecule has 1 atom stereocenters. The minimum Gasteiger partial charge on any atom is -0.353 e. The summed E-state index contributed by atoms with van der Waals surface area (Å²) in [6.07, 6.45) is 2.49. The van der Waals surface area contributed by atoms with Crippen molar-refractivity contribution in [2.75, 3.05) is 0 Å². The van der Waals surface area contributed by atoms with Gasteiger partial charge in [-0.3, -0.25) is 4.79 Å². The number of carbonyl (C=O) groups is 1. The van der Waals surface area contributed by atoms with Crippen molar-refractivity contribution in [3.8, 4) is 0 Å². The Morgan fingerprint density at radius 3 is 2.88 bits per heavy atom. The van der Waals surface area contributed by atoms with Gasteiger partial charge in [0, 0.05) is 12.5 Å². The first kappa shape index (κ1) is 5.60. The lowest BCUT2D eigenvalue weighted by molar-refractivity contribution is -0.119. The number of carbonyl (C=O) groups excluding carboxylic acids is 1. The molecule has 1 N–H and O–H groups in total. The van der Waals surface area contributed by atoms with Gasteiger partial charge in [-0.15, -0.1) is 0 Å². The largest absolute Gasteiger partial charge is 0.353 e. The Bertz CT molecular complexity index is 101. The molecular weight excluding hydrogens is 102 g/mol. The fourth-order valence-corrected chi connectivity index (χ4v) is 0.894. The first-order chi connectivity index (χ1) is 3.83. The van der Waals surface area contributed by atoms with E-state index in [0.717, 1.165) is 12.8 Å². The molecule has 0 aromatic heterocycles. The van der Waals surface area contributed by atoms with Gasteiger partial charge >= 0.3 is 0 Å². The van der Waals surface area contributed by atoms with E-state index >= 15 is 0 Å². The molecule has 0 bridgehead atoms. The van der Waals surface area contributed by atoms with Crippen LogP contribution < -0.4 is 5.32 Å². The predicted molar refractivity (Wildman–Crippen MR) is 31.1 cm³/mol. The van der Waals surface area contributed by atoms with Crippen LogP contribution in [0.2, 0.25) is 0 Å². The lowest BCUT2D eigenvalue weighted by atomic mass is 10.2. The number of hydrogen-bond donors (Lipinski definition) is 1. The van der Waals surface area contributed by atoms with Crippen molar-refractivity contribution >= 4 is 5.91 Å². The minimum absolute atomic E-state index is 0.179. The molecule has 2 heteroatoms. The topological polar surface area (TPSA) is 29.1 Å². The molecule has 1 rings (SSSR count). The smallest absolute Gasteiger partial charge is 0.220 e. The summed E-state index contributed by atoms with van der Waals surface area (Å²) in [5.74, 6) is 0.179. The first-order valence-electron chi connectivity index (χ1n) is 2.91. The van der Waals surface area contributed by atoms with Crippen LogP contribution in [0.3, 0.4) is 0 Å². The highest BCUT2D eigenvalue weighted by Crippen LogP contribution is 2.07. The maximum Gasteiger partial charge on any atom is 0.220 e. The van der Waals surface area contributed by atoms with Gasteiger partial charge in [-0.05, 0) is 12.8 Å². The quantitative estimate of drug-likeness (QED) is 0.525. The molecule has 1 amide bonds. The van der Waals surface area contributed by atoms with Gasteiger partial charge in [-0.25, -0.2) is 0 Å². The normalized spacial score (nSPS) is 28.1. The van der Waals surface area contributed by atoms with E-state index in [-0.39, 0.29) is 5.91 Å². The summed E-state index contributed by atoms with van der Waals surface area (Å²) in [6, 6.07) is 0.363. The van der Waals surface area contributed by atoms with E-state index < -0.39 is 0 Å². The Kier molecular flexibility index (Phi) is 1.51. The molecule has 1 saturated heterocycles. The summed E-state index contributed by atoms with van der Waals surface area (Å²) in [4.78, 5) is 10.5. The van der Waals surface area contributed by atoms with Gasteiger partial charge in [0.2, 0.25) is 5.91 Å². The number of amides is 1. The third-order valence-corrected chi connectivity index (χ3v) is 1.43. The van der Waals surface area contributed by atoms with Crippen LogP contribution in [-0.2, 0) is 4.79 Å². The lowest BCUT2D eigenvalue weighted by Crippen LogP contribution is -2.23. The predicted octanol–water partition coefficient (Wildman–Crippen LogP) is 0.489. The fourth-order valence-electron chi connectivity index (χ4n) is 0.894. The Labute approximate surface area is 49.3 Å². The maximum atomic E-state index is 10.5. The highest BCUT2D eigenvalue weighted by atomic mass is 16.1. The Balaban J connectivity index is 2.32.